The molecule has 0 spiro atoms. The van der Waals surface area contributed by atoms with Crippen molar-refractivity contribution in [1.29, 1.82) is 0 Å². The lowest BCUT2D eigenvalue weighted by molar-refractivity contribution is -0.141. The number of aryl methyl sites for hydroxylation is 1. The zero-order valence-electron chi connectivity index (χ0n) is 36.5. The number of benzene rings is 2. The van der Waals surface area contributed by atoms with Crippen LogP contribution in [0, 0.1) is 5.92 Å². The van der Waals surface area contributed by atoms with E-state index in [9.17, 15) is 48.3 Å². The van der Waals surface area contributed by atoms with Crippen molar-refractivity contribution in [2.24, 2.45) is 11.7 Å². The van der Waals surface area contributed by atoms with Gasteiger partial charge in [0.2, 0.25) is 47.3 Å². The molecule has 1 fully saturated rings. The average molecular weight is 904 g/mol. The molecule has 8 amide bonds. The van der Waals surface area contributed by atoms with Gasteiger partial charge >= 0.3 is 5.97 Å². The maximum atomic E-state index is 14.4. The number of carbonyl (C=O) groups excluding carboxylic acids is 8. The van der Waals surface area contributed by atoms with Crippen molar-refractivity contribution in [3.63, 3.8) is 0 Å². The third-order valence-corrected chi connectivity index (χ3v) is 11.0. The van der Waals surface area contributed by atoms with Crippen LogP contribution < -0.4 is 37.6 Å². The fraction of sp³-hybridized carbons (Fsp3) is 0.512. The fourth-order valence-corrected chi connectivity index (χ4v) is 7.81. The molecule has 65 heavy (non-hydrogen) atoms. The second-order valence-corrected chi connectivity index (χ2v) is 16.5. The maximum Gasteiger partial charge on any atom is 0.305 e. The van der Waals surface area contributed by atoms with Crippen molar-refractivity contribution < 1.29 is 53.0 Å². The number of amides is 8. The molecule has 350 valence electrons. The molecule has 3 aromatic rings. The minimum Gasteiger partial charge on any atom is -0.481 e. The van der Waals surface area contributed by atoms with Crippen LogP contribution in [0.4, 0.5) is 0 Å². The van der Waals surface area contributed by atoms with Gasteiger partial charge in [-0.2, -0.15) is 0 Å². The number of carbonyl (C=O) groups is 9. The second-order valence-electron chi connectivity index (χ2n) is 16.5. The summed E-state index contributed by atoms with van der Waals surface area (Å²) in [6, 6.07) is 5.35. The molecular weight excluding hydrogens is 847 g/mol. The van der Waals surface area contributed by atoms with E-state index in [0.29, 0.717) is 17.7 Å². The Hall–Kier alpha value is -6.97. The summed E-state index contributed by atoms with van der Waals surface area (Å²) in [4.78, 5) is 120. The molecule has 22 nitrogen and oxygen atoms in total. The summed E-state index contributed by atoms with van der Waals surface area (Å²) in [5.41, 5.74) is 6.77. The first-order chi connectivity index (χ1) is 31.0. The predicted octanol–water partition coefficient (Wildman–Crippen LogP) is -1.46. The van der Waals surface area contributed by atoms with E-state index in [4.69, 9.17) is 10.5 Å². The van der Waals surface area contributed by atoms with Crippen LogP contribution in [0.1, 0.15) is 70.6 Å². The molecule has 3 heterocycles. The number of rotatable bonds is 12. The van der Waals surface area contributed by atoms with Crippen molar-refractivity contribution >= 4 is 64.0 Å². The minimum atomic E-state index is -1.51. The van der Waals surface area contributed by atoms with Crippen molar-refractivity contribution in [2.45, 2.75) is 115 Å². The topological polar surface area (TPSA) is 315 Å². The van der Waals surface area contributed by atoms with Gasteiger partial charge in [-0.3, -0.25) is 43.2 Å². The van der Waals surface area contributed by atoms with Gasteiger partial charge in [0.15, 0.2) is 0 Å². The number of nitrogens with one attached hydrogen (secondary N) is 6. The maximum absolute atomic E-state index is 14.4. The second kappa shape index (κ2) is 23.1. The molecule has 2 aromatic carbocycles. The Balaban J connectivity index is 1.48. The van der Waals surface area contributed by atoms with Crippen molar-refractivity contribution in [2.75, 3.05) is 19.7 Å². The Labute approximate surface area is 374 Å². The lowest BCUT2D eigenvalue weighted by Crippen LogP contribution is -2.59. The number of primary amides is 1. The highest BCUT2D eigenvalue weighted by Gasteiger charge is 2.38. The number of carboxylic acid groups (broad SMARTS) is 1. The Morgan fingerprint density at radius 2 is 1.66 bits per heavy atom. The molecule has 5 rings (SSSR count). The monoisotopic (exact) mass is 903 g/mol. The summed E-state index contributed by atoms with van der Waals surface area (Å²) in [6.45, 7) is 3.90. The Bertz CT molecular complexity index is 2230. The number of nitrogens with zero attached hydrogens (tertiary/aromatic N) is 4. The SMILES string of the molecule is CC(=O)N[C@@H](CC(=O)O)C(=O)N[C@H]1CCCn2nncc2COC[C@H](C(=O)N[C@@H](CC(C)C)C(N)=O)NC(=O)[C@H](Cc2cccc3ccccc23)NC(=O)[C@@H]2CCCN2C(=O)CNC1=O. The lowest BCUT2D eigenvalue weighted by atomic mass is 9.97. The van der Waals surface area contributed by atoms with Gasteiger partial charge in [-0.15, -0.1) is 5.10 Å². The van der Waals surface area contributed by atoms with Crippen LogP contribution in [-0.2, 0) is 67.5 Å². The summed E-state index contributed by atoms with van der Waals surface area (Å²) >= 11 is 0. The normalized spacial score (nSPS) is 21.3. The molecule has 0 bridgehead atoms. The molecule has 1 saturated heterocycles. The number of carboxylic acids is 1. The van der Waals surface area contributed by atoms with E-state index in [-0.39, 0.29) is 57.7 Å². The highest BCUT2D eigenvalue weighted by molar-refractivity contribution is 5.98. The molecule has 2 aliphatic rings. The molecule has 0 unspecified atom stereocenters. The number of fused-ring (bicyclic) bond motifs is 3. The van der Waals surface area contributed by atoms with E-state index in [1.165, 1.54) is 15.8 Å². The van der Waals surface area contributed by atoms with E-state index in [2.05, 4.69) is 42.2 Å². The molecule has 9 N–H and O–H groups in total. The summed E-state index contributed by atoms with van der Waals surface area (Å²) in [5.74, 6) is -7.42. The zero-order chi connectivity index (χ0) is 47.2. The van der Waals surface area contributed by atoms with E-state index < -0.39 is 109 Å². The van der Waals surface area contributed by atoms with Crippen LogP contribution >= 0.6 is 0 Å². The van der Waals surface area contributed by atoms with Crippen LogP contribution in [0.5, 0.6) is 0 Å². The van der Waals surface area contributed by atoms with Crippen molar-refractivity contribution in [1.82, 2.24) is 51.8 Å². The number of aliphatic carboxylic acids is 1. The first-order valence-electron chi connectivity index (χ1n) is 21.5. The van der Waals surface area contributed by atoms with Crippen LogP contribution in [0.15, 0.2) is 48.7 Å². The minimum absolute atomic E-state index is 0.0324. The molecule has 22 heteroatoms. The summed E-state index contributed by atoms with van der Waals surface area (Å²) < 4.78 is 7.43. The van der Waals surface area contributed by atoms with Crippen molar-refractivity contribution in [3.05, 3.63) is 59.9 Å². The molecule has 1 aromatic heterocycles. The fourth-order valence-electron chi connectivity index (χ4n) is 7.81. The smallest absolute Gasteiger partial charge is 0.305 e. The number of hydrogen-bond donors (Lipinski definition) is 8. The zero-order valence-corrected chi connectivity index (χ0v) is 36.5. The Kier molecular flexibility index (Phi) is 17.4. The summed E-state index contributed by atoms with van der Waals surface area (Å²) in [6.07, 6.45) is 1.59. The third-order valence-electron chi connectivity index (χ3n) is 11.0. The standard InChI is InChI=1S/C43H57N11O11/c1-24(2)17-31(38(44)59)49-42(63)34-23-65-22-28-20-46-52-54(28)16-7-13-30(48-41(62)33(19-37(57)58)47-25(3)55)39(60)45-21-36(56)53-15-8-14-35(53)43(64)50-32(40(61)51-34)18-27-11-6-10-26-9-4-5-12-29(26)27/h4-6,9-12,20,24,30-35H,7-8,13-19,21-23H2,1-3H3,(H2,44,59)(H,45,60)(H,47,55)(H,48,62)(H,49,63)(H,50,64)(H,51,61)(H,57,58)/t30-,31-,32-,33-,34+,35-/m0/s1. The predicted molar refractivity (Wildman–Crippen MR) is 231 cm³/mol. The van der Waals surface area contributed by atoms with Gasteiger partial charge in [0.05, 0.1) is 38.1 Å². The van der Waals surface area contributed by atoms with Gasteiger partial charge in [-0.1, -0.05) is 61.5 Å². The van der Waals surface area contributed by atoms with Gasteiger partial charge in [0.1, 0.15) is 36.3 Å². The number of ether oxygens (including phenoxy) is 1. The molecule has 0 radical (unpaired) electrons. The van der Waals surface area contributed by atoms with Crippen molar-refractivity contribution in [3.8, 4) is 0 Å². The van der Waals surface area contributed by atoms with E-state index in [1.807, 2.05) is 56.3 Å². The molecule has 0 saturated carbocycles. The average Bonchev–Trinajstić information content (AvgIpc) is 3.93. The number of hydrogen-bond acceptors (Lipinski definition) is 12. The molecule has 6 atom stereocenters. The van der Waals surface area contributed by atoms with Gasteiger partial charge in [-0.05, 0) is 54.4 Å². The van der Waals surface area contributed by atoms with Gasteiger partial charge < -0.3 is 52.4 Å². The van der Waals surface area contributed by atoms with Gasteiger partial charge in [-0.25, -0.2) is 4.68 Å². The van der Waals surface area contributed by atoms with Crippen LogP contribution in [0.2, 0.25) is 0 Å². The quantitative estimate of drug-likeness (QED) is 0.103. The number of aromatic nitrogens is 3. The largest absolute Gasteiger partial charge is 0.481 e. The van der Waals surface area contributed by atoms with Crippen LogP contribution in [-0.4, -0.2) is 134 Å². The first-order valence-corrected chi connectivity index (χ1v) is 21.5. The van der Waals surface area contributed by atoms with Crippen LogP contribution in [0.3, 0.4) is 0 Å². The molecule has 0 aliphatic carbocycles. The van der Waals surface area contributed by atoms with Gasteiger partial charge in [0, 0.05) is 26.4 Å². The Morgan fingerprint density at radius 1 is 0.923 bits per heavy atom. The highest BCUT2D eigenvalue weighted by Crippen LogP contribution is 2.22. The summed E-state index contributed by atoms with van der Waals surface area (Å²) in [5, 5.41) is 34.6. The summed E-state index contributed by atoms with van der Waals surface area (Å²) in [7, 11) is 0. The number of nitrogens with two attached hydrogens (primary N) is 1. The van der Waals surface area contributed by atoms with Crippen LogP contribution in [0.25, 0.3) is 10.8 Å². The first kappa shape index (κ1) is 49.1. The van der Waals surface area contributed by atoms with Gasteiger partial charge in [0.25, 0.3) is 0 Å². The third kappa shape index (κ3) is 14.0. The highest BCUT2D eigenvalue weighted by atomic mass is 16.5. The lowest BCUT2D eigenvalue weighted by Gasteiger charge is -2.28. The Morgan fingerprint density at radius 3 is 2.38 bits per heavy atom. The van der Waals surface area contributed by atoms with E-state index in [1.54, 1.807) is 0 Å². The molecular formula is C43H57N11O11. The molecule has 2 aliphatic heterocycles. The van der Waals surface area contributed by atoms with E-state index in [0.717, 1.165) is 17.7 Å². The van der Waals surface area contributed by atoms with E-state index >= 15 is 0 Å².